The van der Waals surface area contributed by atoms with E-state index in [1.54, 1.807) is 6.92 Å². The Morgan fingerprint density at radius 2 is 1.93 bits per heavy atom. The molecule has 8 nitrogen and oxygen atoms in total. The number of sulfonamides is 1. The summed E-state index contributed by atoms with van der Waals surface area (Å²) in [7, 11) is -4.09. The SMILES string of the molecule is C[C@H](Sc1ncn[nH]1)C(=O)N1CCN(S(=O)(=O)c2cccc(C(F)(F)F)c2)CC1. The number of hydrogen-bond donors (Lipinski definition) is 1. The zero-order chi connectivity index (χ0) is 21.2. The minimum absolute atomic E-state index is 0.00398. The van der Waals surface area contributed by atoms with Crippen molar-refractivity contribution < 1.29 is 26.4 Å². The van der Waals surface area contributed by atoms with Gasteiger partial charge in [-0.25, -0.2) is 13.4 Å². The number of rotatable bonds is 5. The van der Waals surface area contributed by atoms with Crippen molar-refractivity contribution in [2.75, 3.05) is 26.2 Å². The van der Waals surface area contributed by atoms with Gasteiger partial charge >= 0.3 is 6.18 Å². The Labute approximate surface area is 169 Å². The summed E-state index contributed by atoms with van der Waals surface area (Å²) in [6, 6.07) is 3.66. The van der Waals surface area contributed by atoms with E-state index in [1.165, 1.54) is 23.0 Å². The topological polar surface area (TPSA) is 99.3 Å². The molecule has 1 aliphatic heterocycles. The van der Waals surface area contributed by atoms with E-state index in [-0.39, 0.29) is 32.1 Å². The highest BCUT2D eigenvalue weighted by Gasteiger charge is 2.35. The number of thioether (sulfide) groups is 1. The van der Waals surface area contributed by atoms with Crippen molar-refractivity contribution in [3.05, 3.63) is 36.2 Å². The lowest BCUT2D eigenvalue weighted by molar-refractivity contribution is -0.137. The summed E-state index contributed by atoms with van der Waals surface area (Å²) in [6.45, 7) is 2.02. The Bertz CT molecular complexity index is 958. The summed E-state index contributed by atoms with van der Waals surface area (Å²) < 4.78 is 65.2. The predicted octanol–water partition coefficient (Wildman–Crippen LogP) is 1.84. The summed E-state index contributed by atoms with van der Waals surface area (Å²) in [5, 5.41) is 6.41. The molecule has 0 bridgehead atoms. The number of nitrogens with zero attached hydrogens (tertiary/aromatic N) is 4. The number of carbonyl (C=O) groups excluding carboxylic acids is 1. The number of alkyl halides is 3. The molecule has 0 aliphatic carbocycles. The second-order valence-electron chi connectivity index (χ2n) is 6.31. The Morgan fingerprint density at radius 1 is 1.24 bits per heavy atom. The molecule has 1 aliphatic rings. The monoisotopic (exact) mass is 449 g/mol. The minimum Gasteiger partial charge on any atom is -0.339 e. The molecule has 2 aromatic rings. The van der Waals surface area contributed by atoms with Crippen molar-refractivity contribution in [2.24, 2.45) is 0 Å². The van der Waals surface area contributed by atoms with Gasteiger partial charge in [-0.3, -0.25) is 9.89 Å². The number of aromatic amines is 1. The first-order valence-electron chi connectivity index (χ1n) is 8.57. The van der Waals surface area contributed by atoms with Gasteiger partial charge in [-0.05, 0) is 25.1 Å². The molecule has 1 amide bonds. The maximum atomic E-state index is 12.9. The maximum absolute atomic E-state index is 12.9. The highest BCUT2D eigenvalue weighted by Crippen LogP contribution is 2.31. The number of hydrogen-bond acceptors (Lipinski definition) is 6. The van der Waals surface area contributed by atoms with Crippen molar-refractivity contribution in [3.8, 4) is 0 Å². The van der Waals surface area contributed by atoms with E-state index < -0.39 is 31.9 Å². The number of nitrogens with one attached hydrogen (secondary N) is 1. The molecule has 1 N–H and O–H groups in total. The average Bonchev–Trinajstić information content (AvgIpc) is 3.20. The van der Waals surface area contributed by atoms with Crippen LogP contribution >= 0.6 is 11.8 Å². The van der Waals surface area contributed by atoms with Crippen molar-refractivity contribution in [1.82, 2.24) is 24.4 Å². The summed E-state index contributed by atoms with van der Waals surface area (Å²) in [6.07, 6.45) is -3.30. The average molecular weight is 449 g/mol. The lowest BCUT2D eigenvalue weighted by Crippen LogP contribution is -2.52. The smallest absolute Gasteiger partial charge is 0.339 e. The quantitative estimate of drug-likeness (QED) is 0.700. The van der Waals surface area contributed by atoms with Crippen LogP contribution in [0.1, 0.15) is 12.5 Å². The first-order chi connectivity index (χ1) is 13.6. The Balaban J connectivity index is 1.64. The molecule has 1 atom stereocenters. The van der Waals surface area contributed by atoms with Crippen LogP contribution in [0.4, 0.5) is 13.2 Å². The molecule has 1 aromatic carbocycles. The first kappa shape index (κ1) is 21.6. The van der Waals surface area contributed by atoms with Gasteiger partial charge in [0.05, 0.1) is 15.7 Å². The van der Waals surface area contributed by atoms with E-state index >= 15 is 0 Å². The van der Waals surface area contributed by atoms with Crippen molar-refractivity contribution in [3.63, 3.8) is 0 Å². The molecule has 29 heavy (non-hydrogen) atoms. The number of aromatic nitrogens is 3. The van der Waals surface area contributed by atoms with Gasteiger partial charge in [0.15, 0.2) is 5.16 Å². The third kappa shape index (κ3) is 4.90. The number of H-pyrrole nitrogens is 1. The second-order valence-corrected chi connectivity index (χ2v) is 9.57. The van der Waals surface area contributed by atoms with Gasteiger partial charge in [0.2, 0.25) is 15.9 Å². The zero-order valence-corrected chi connectivity index (χ0v) is 16.9. The van der Waals surface area contributed by atoms with Crippen LogP contribution in [-0.4, -0.2) is 70.1 Å². The highest BCUT2D eigenvalue weighted by molar-refractivity contribution is 8.00. The molecule has 2 heterocycles. The van der Waals surface area contributed by atoms with E-state index in [4.69, 9.17) is 0 Å². The molecule has 0 saturated carbocycles. The van der Waals surface area contributed by atoms with Crippen LogP contribution in [-0.2, 0) is 21.0 Å². The largest absolute Gasteiger partial charge is 0.416 e. The molecule has 1 fully saturated rings. The zero-order valence-electron chi connectivity index (χ0n) is 15.3. The van der Waals surface area contributed by atoms with E-state index in [2.05, 4.69) is 15.2 Å². The van der Waals surface area contributed by atoms with Gasteiger partial charge in [-0.2, -0.15) is 22.6 Å². The number of halogens is 3. The van der Waals surface area contributed by atoms with Crippen LogP contribution in [0.25, 0.3) is 0 Å². The molecule has 13 heteroatoms. The fourth-order valence-corrected chi connectivity index (χ4v) is 5.12. The van der Waals surface area contributed by atoms with Crippen molar-refractivity contribution in [1.29, 1.82) is 0 Å². The number of benzene rings is 1. The fraction of sp³-hybridized carbons (Fsp3) is 0.438. The first-order valence-corrected chi connectivity index (χ1v) is 10.9. The third-order valence-electron chi connectivity index (χ3n) is 4.38. The molecule has 1 aromatic heterocycles. The van der Waals surface area contributed by atoms with E-state index in [9.17, 15) is 26.4 Å². The summed E-state index contributed by atoms with van der Waals surface area (Å²) >= 11 is 1.20. The number of amides is 1. The van der Waals surface area contributed by atoms with Crippen molar-refractivity contribution >= 4 is 27.7 Å². The van der Waals surface area contributed by atoms with Gasteiger partial charge < -0.3 is 4.90 Å². The van der Waals surface area contributed by atoms with Gasteiger partial charge in [0, 0.05) is 26.2 Å². The highest BCUT2D eigenvalue weighted by atomic mass is 32.2. The van der Waals surface area contributed by atoms with Gasteiger partial charge in [0.25, 0.3) is 0 Å². The van der Waals surface area contributed by atoms with Crippen molar-refractivity contribution in [2.45, 2.75) is 28.4 Å². The molecule has 158 valence electrons. The van der Waals surface area contributed by atoms with Gasteiger partial charge in [0.1, 0.15) is 6.33 Å². The van der Waals surface area contributed by atoms with Crippen LogP contribution < -0.4 is 0 Å². The second kappa shape index (κ2) is 8.32. The van der Waals surface area contributed by atoms with Crippen LogP contribution in [0.3, 0.4) is 0 Å². The predicted molar refractivity (Wildman–Crippen MR) is 98.5 cm³/mol. The molecule has 3 rings (SSSR count). The van der Waals surface area contributed by atoms with Gasteiger partial charge in [-0.1, -0.05) is 17.8 Å². The molecular weight excluding hydrogens is 431 g/mol. The normalized spacial score (nSPS) is 17.3. The maximum Gasteiger partial charge on any atom is 0.416 e. The lowest BCUT2D eigenvalue weighted by Gasteiger charge is -2.35. The standard InChI is InChI=1S/C16H18F3N5O3S2/c1-11(28-15-20-10-21-22-15)14(25)23-5-7-24(8-6-23)29(26,27)13-4-2-3-12(9-13)16(17,18)19/h2-4,9-11H,5-8H2,1H3,(H,20,21,22)/t11-/m0/s1. The number of piperazine rings is 1. The van der Waals surface area contributed by atoms with Crippen LogP contribution in [0.5, 0.6) is 0 Å². The minimum atomic E-state index is -4.63. The lowest BCUT2D eigenvalue weighted by atomic mass is 10.2. The molecule has 0 unspecified atom stereocenters. The van der Waals surface area contributed by atoms with Gasteiger partial charge in [-0.15, -0.1) is 0 Å². The van der Waals surface area contributed by atoms with Crippen LogP contribution in [0, 0.1) is 0 Å². The molecule has 1 saturated heterocycles. The summed E-state index contributed by atoms with van der Waals surface area (Å²) in [5.74, 6) is -0.178. The Kier molecular flexibility index (Phi) is 6.19. The Hall–Kier alpha value is -2.12. The Morgan fingerprint density at radius 3 is 2.52 bits per heavy atom. The summed E-state index contributed by atoms with van der Waals surface area (Å²) in [4.78, 5) is 17.6. The van der Waals surface area contributed by atoms with E-state index in [0.717, 1.165) is 22.5 Å². The van der Waals surface area contributed by atoms with E-state index in [1.807, 2.05) is 0 Å². The van der Waals surface area contributed by atoms with E-state index in [0.29, 0.717) is 11.2 Å². The third-order valence-corrected chi connectivity index (χ3v) is 7.25. The fourth-order valence-electron chi connectivity index (χ4n) is 2.86. The molecule has 0 spiro atoms. The molecular formula is C16H18F3N5O3S2. The summed E-state index contributed by atoms with van der Waals surface area (Å²) in [5.41, 5.74) is -1.02. The van der Waals surface area contributed by atoms with Crippen LogP contribution in [0.15, 0.2) is 40.6 Å². The molecule has 0 radical (unpaired) electrons. The van der Waals surface area contributed by atoms with Crippen LogP contribution in [0.2, 0.25) is 0 Å². The number of carbonyl (C=O) groups is 1.